The third-order valence-corrected chi connectivity index (χ3v) is 3.30. The van der Waals surface area contributed by atoms with Crippen LogP contribution in [0, 0.1) is 11.6 Å². The van der Waals surface area contributed by atoms with E-state index in [4.69, 9.17) is 4.42 Å². The van der Waals surface area contributed by atoms with Gasteiger partial charge < -0.3 is 14.6 Å². The molecule has 0 bridgehead atoms. The predicted molar refractivity (Wildman–Crippen MR) is 65.8 cm³/mol. The second kappa shape index (κ2) is 4.24. The summed E-state index contributed by atoms with van der Waals surface area (Å²) in [4.78, 5) is 1.84. The third kappa shape index (κ3) is 1.75. The quantitative estimate of drug-likeness (QED) is 0.845. The van der Waals surface area contributed by atoms with Crippen molar-refractivity contribution >= 4 is 16.7 Å². The Morgan fingerprint density at radius 3 is 3.06 bits per heavy atom. The first-order valence-corrected chi connectivity index (χ1v) is 6.00. The molecule has 0 aliphatic carbocycles. The highest BCUT2D eigenvalue weighted by atomic mass is 19.2. The minimum Gasteiger partial charge on any atom is -0.462 e. The summed E-state index contributed by atoms with van der Waals surface area (Å²) in [5.41, 5.74) is 0.659. The number of nitrogens with one attached hydrogen (secondary N) is 1. The molecule has 2 aromatic rings. The minimum atomic E-state index is -0.829. The number of benzene rings is 1. The summed E-state index contributed by atoms with van der Waals surface area (Å²) in [5, 5.41) is 3.86. The van der Waals surface area contributed by atoms with E-state index in [1.165, 1.54) is 12.3 Å². The van der Waals surface area contributed by atoms with Crippen molar-refractivity contribution in [3.05, 3.63) is 30.0 Å². The van der Waals surface area contributed by atoms with Gasteiger partial charge >= 0.3 is 0 Å². The SMILES string of the molecule is C[C@H]1CN(c2c(F)c(F)cc3ccoc23)CCN1. The molecule has 1 aromatic heterocycles. The van der Waals surface area contributed by atoms with Gasteiger partial charge in [0, 0.05) is 31.1 Å². The Bertz CT molecular complexity index is 582. The first kappa shape index (κ1) is 11.5. The number of fused-ring (bicyclic) bond motifs is 1. The number of hydrogen-bond donors (Lipinski definition) is 1. The van der Waals surface area contributed by atoms with Gasteiger partial charge in [0.2, 0.25) is 0 Å². The summed E-state index contributed by atoms with van der Waals surface area (Å²) in [5.74, 6) is -1.66. The molecule has 18 heavy (non-hydrogen) atoms. The Hall–Kier alpha value is -1.62. The lowest BCUT2D eigenvalue weighted by molar-refractivity contribution is 0.465. The van der Waals surface area contributed by atoms with Crippen LogP contribution < -0.4 is 10.2 Å². The van der Waals surface area contributed by atoms with Crippen LogP contribution in [0.3, 0.4) is 0 Å². The number of anilines is 1. The molecule has 2 heterocycles. The molecule has 3 nitrogen and oxygen atoms in total. The van der Waals surface area contributed by atoms with Gasteiger partial charge in [-0.25, -0.2) is 8.78 Å². The molecule has 0 spiro atoms. The van der Waals surface area contributed by atoms with E-state index in [2.05, 4.69) is 5.32 Å². The topological polar surface area (TPSA) is 28.4 Å². The van der Waals surface area contributed by atoms with Crippen LogP contribution in [0.2, 0.25) is 0 Å². The number of halogens is 2. The van der Waals surface area contributed by atoms with Crippen molar-refractivity contribution in [1.29, 1.82) is 0 Å². The average molecular weight is 252 g/mol. The fourth-order valence-electron chi connectivity index (χ4n) is 2.46. The summed E-state index contributed by atoms with van der Waals surface area (Å²) in [6.45, 7) is 4.04. The number of piperazine rings is 1. The molecule has 0 amide bonds. The van der Waals surface area contributed by atoms with E-state index in [1.807, 2.05) is 11.8 Å². The lowest BCUT2D eigenvalue weighted by atomic mass is 10.1. The van der Waals surface area contributed by atoms with Crippen LogP contribution in [0.1, 0.15) is 6.92 Å². The molecule has 1 aliphatic rings. The van der Waals surface area contributed by atoms with E-state index in [0.29, 0.717) is 24.1 Å². The molecule has 0 saturated carbocycles. The van der Waals surface area contributed by atoms with Gasteiger partial charge in [0.25, 0.3) is 0 Å². The molecule has 0 radical (unpaired) electrons. The van der Waals surface area contributed by atoms with E-state index in [9.17, 15) is 8.78 Å². The zero-order chi connectivity index (χ0) is 12.7. The molecule has 1 aliphatic heterocycles. The Labute approximate surface area is 103 Å². The minimum absolute atomic E-state index is 0.239. The maximum Gasteiger partial charge on any atom is 0.185 e. The molecule has 5 heteroatoms. The molecule has 1 atom stereocenters. The molecule has 96 valence electrons. The summed E-state index contributed by atoms with van der Waals surface area (Å²) in [6.07, 6.45) is 1.46. The molecule has 1 fully saturated rings. The molecule has 1 saturated heterocycles. The van der Waals surface area contributed by atoms with E-state index in [0.717, 1.165) is 6.54 Å². The molecule has 3 rings (SSSR count). The van der Waals surface area contributed by atoms with Gasteiger partial charge in [-0.05, 0) is 19.1 Å². The highest BCUT2D eigenvalue weighted by Crippen LogP contribution is 2.33. The fraction of sp³-hybridized carbons (Fsp3) is 0.385. The zero-order valence-corrected chi connectivity index (χ0v) is 10.0. The standard InChI is InChI=1S/C13H14F2N2O/c1-8-7-17(4-3-16-8)12-11(15)10(14)6-9-2-5-18-13(9)12/h2,5-6,8,16H,3-4,7H2,1H3/t8-/m0/s1. The van der Waals surface area contributed by atoms with Crippen molar-refractivity contribution in [2.75, 3.05) is 24.5 Å². The maximum absolute atomic E-state index is 14.0. The van der Waals surface area contributed by atoms with Gasteiger partial charge in [0.05, 0.1) is 6.26 Å². The molecule has 1 aromatic carbocycles. The second-order valence-corrected chi connectivity index (χ2v) is 4.66. The van der Waals surface area contributed by atoms with Crippen LogP contribution in [0.5, 0.6) is 0 Å². The largest absolute Gasteiger partial charge is 0.462 e. The Kier molecular flexibility index (Phi) is 2.70. The zero-order valence-electron chi connectivity index (χ0n) is 10.0. The smallest absolute Gasteiger partial charge is 0.185 e. The second-order valence-electron chi connectivity index (χ2n) is 4.66. The van der Waals surface area contributed by atoms with Gasteiger partial charge in [0.15, 0.2) is 17.2 Å². The highest BCUT2D eigenvalue weighted by molar-refractivity contribution is 5.90. The number of furan rings is 1. The molecule has 1 N–H and O–H groups in total. The van der Waals surface area contributed by atoms with Crippen molar-refractivity contribution in [3.63, 3.8) is 0 Å². The number of rotatable bonds is 1. The molecular formula is C13H14F2N2O. The summed E-state index contributed by atoms with van der Waals surface area (Å²) in [7, 11) is 0. The molecule has 0 unspecified atom stereocenters. The van der Waals surface area contributed by atoms with Crippen LogP contribution in [0.25, 0.3) is 11.0 Å². The normalized spacial score (nSPS) is 20.6. The van der Waals surface area contributed by atoms with Crippen molar-refractivity contribution < 1.29 is 13.2 Å². The lowest BCUT2D eigenvalue weighted by Gasteiger charge is -2.33. The van der Waals surface area contributed by atoms with E-state index < -0.39 is 11.6 Å². The number of hydrogen-bond acceptors (Lipinski definition) is 3. The first-order valence-electron chi connectivity index (χ1n) is 6.00. The predicted octanol–water partition coefficient (Wildman–Crippen LogP) is 2.51. The summed E-state index contributed by atoms with van der Waals surface area (Å²) < 4.78 is 32.9. The third-order valence-electron chi connectivity index (χ3n) is 3.30. The van der Waals surface area contributed by atoms with Crippen LogP contribution in [-0.4, -0.2) is 25.7 Å². The van der Waals surface area contributed by atoms with Crippen LogP contribution >= 0.6 is 0 Å². The molecular weight excluding hydrogens is 238 g/mol. The summed E-state index contributed by atoms with van der Waals surface area (Å²) in [6, 6.07) is 3.06. The average Bonchev–Trinajstić information content (AvgIpc) is 2.78. The van der Waals surface area contributed by atoms with Gasteiger partial charge in [-0.15, -0.1) is 0 Å². The van der Waals surface area contributed by atoms with Crippen molar-refractivity contribution in [2.24, 2.45) is 0 Å². The monoisotopic (exact) mass is 252 g/mol. The lowest BCUT2D eigenvalue weighted by Crippen LogP contribution is -2.49. The van der Waals surface area contributed by atoms with Gasteiger partial charge in [-0.3, -0.25) is 0 Å². The maximum atomic E-state index is 14.0. The van der Waals surface area contributed by atoms with Gasteiger partial charge in [0.1, 0.15) is 5.69 Å². The highest BCUT2D eigenvalue weighted by Gasteiger charge is 2.24. The van der Waals surface area contributed by atoms with E-state index >= 15 is 0 Å². The van der Waals surface area contributed by atoms with Crippen molar-refractivity contribution in [2.45, 2.75) is 13.0 Å². The van der Waals surface area contributed by atoms with E-state index in [-0.39, 0.29) is 11.7 Å². The van der Waals surface area contributed by atoms with Crippen LogP contribution in [0.4, 0.5) is 14.5 Å². The van der Waals surface area contributed by atoms with Crippen LogP contribution in [0.15, 0.2) is 22.8 Å². The Morgan fingerprint density at radius 2 is 2.28 bits per heavy atom. The fourth-order valence-corrected chi connectivity index (χ4v) is 2.46. The Balaban J connectivity index is 2.14. The summed E-state index contributed by atoms with van der Waals surface area (Å²) >= 11 is 0. The van der Waals surface area contributed by atoms with Crippen LogP contribution in [-0.2, 0) is 0 Å². The van der Waals surface area contributed by atoms with Gasteiger partial charge in [-0.1, -0.05) is 0 Å². The van der Waals surface area contributed by atoms with Crippen molar-refractivity contribution in [1.82, 2.24) is 5.32 Å². The Morgan fingerprint density at radius 1 is 1.44 bits per heavy atom. The van der Waals surface area contributed by atoms with E-state index in [1.54, 1.807) is 6.07 Å². The number of nitrogens with zero attached hydrogens (tertiary/aromatic N) is 1. The van der Waals surface area contributed by atoms with Gasteiger partial charge in [-0.2, -0.15) is 0 Å². The van der Waals surface area contributed by atoms with Crippen molar-refractivity contribution in [3.8, 4) is 0 Å². The first-order chi connectivity index (χ1) is 8.66.